The first-order valence-electron chi connectivity index (χ1n) is 8.63. The number of phenolic OH excluding ortho intramolecular Hbond substituents is 1. The van der Waals surface area contributed by atoms with Crippen molar-refractivity contribution < 1.29 is 29.3 Å². The normalized spacial score (nSPS) is 12.5. The Labute approximate surface area is 162 Å². The van der Waals surface area contributed by atoms with E-state index in [9.17, 15) is 19.5 Å². The van der Waals surface area contributed by atoms with Gasteiger partial charge in [0.15, 0.2) is 0 Å². The summed E-state index contributed by atoms with van der Waals surface area (Å²) in [5.74, 6) is -1.78. The lowest BCUT2D eigenvalue weighted by molar-refractivity contribution is -0.141. The zero-order valence-electron chi connectivity index (χ0n) is 15.3. The van der Waals surface area contributed by atoms with Crippen LogP contribution in [0.3, 0.4) is 0 Å². The van der Waals surface area contributed by atoms with E-state index >= 15 is 0 Å². The summed E-state index contributed by atoms with van der Waals surface area (Å²) in [6.45, 7) is 1.36. The number of carboxylic acids is 1. The molecular formula is C20H22N2O6. The van der Waals surface area contributed by atoms with Crippen molar-refractivity contribution in [3.63, 3.8) is 0 Å². The predicted octanol–water partition coefficient (Wildman–Crippen LogP) is 1.82. The number of carbonyl (C=O) groups excluding carboxylic acids is 2. The van der Waals surface area contributed by atoms with Gasteiger partial charge < -0.3 is 25.6 Å². The first-order chi connectivity index (χ1) is 13.3. The number of amides is 2. The molecule has 2 atom stereocenters. The van der Waals surface area contributed by atoms with Crippen molar-refractivity contribution in [1.29, 1.82) is 0 Å². The first-order valence-corrected chi connectivity index (χ1v) is 8.63. The molecule has 0 spiro atoms. The molecule has 8 heteroatoms. The minimum absolute atomic E-state index is 0.0335. The predicted molar refractivity (Wildman–Crippen MR) is 101 cm³/mol. The van der Waals surface area contributed by atoms with Crippen LogP contribution in [-0.2, 0) is 27.4 Å². The van der Waals surface area contributed by atoms with Gasteiger partial charge in [-0.15, -0.1) is 0 Å². The van der Waals surface area contributed by atoms with E-state index in [4.69, 9.17) is 9.84 Å². The van der Waals surface area contributed by atoms with Crippen LogP contribution < -0.4 is 10.6 Å². The summed E-state index contributed by atoms with van der Waals surface area (Å²) >= 11 is 0. The lowest BCUT2D eigenvalue weighted by Crippen LogP contribution is -2.51. The van der Waals surface area contributed by atoms with Crippen molar-refractivity contribution in [2.75, 3.05) is 0 Å². The number of carbonyl (C=O) groups is 3. The van der Waals surface area contributed by atoms with E-state index in [1.807, 2.05) is 18.2 Å². The number of hydrogen-bond acceptors (Lipinski definition) is 5. The molecule has 2 amide bonds. The third kappa shape index (κ3) is 6.64. The van der Waals surface area contributed by atoms with Gasteiger partial charge in [-0.2, -0.15) is 0 Å². The topological polar surface area (TPSA) is 125 Å². The molecule has 0 aliphatic heterocycles. The minimum atomic E-state index is -1.19. The van der Waals surface area contributed by atoms with Crippen LogP contribution in [0.2, 0.25) is 0 Å². The van der Waals surface area contributed by atoms with E-state index in [2.05, 4.69) is 10.6 Å². The number of rotatable bonds is 8. The number of hydrogen-bond donors (Lipinski definition) is 4. The maximum atomic E-state index is 12.4. The Morgan fingerprint density at radius 2 is 1.61 bits per heavy atom. The number of alkyl carbamates (subject to hydrolysis) is 1. The van der Waals surface area contributed by atoms with Crippen LogP contribution in [0.1, 0.15) is 18.1 Å². The van der Waals surface area contributed by atoms with Gasteiger partial charge in [0.1, 0.15) is 24.4 Å². The molecule has 0 aliphatic carbocycles. The quantitative estimate of drug-likeness (QED) is 0.548. The maximum absolute atomic E-state index is 12.4. The Morgan fingerprint density at radius 1 is 0.964 bits per heavy atom. The summed E-state index contributed by atoms with van der Waals surface area (Å²) in [7, 11) is 0. The summed E-state index contributed by atoms with van der Waals surface area (Å²) in [5, 5.41) is 23.1. The van der Waals surface area contributed by atoms with Crippen molar-refractivity contribution >= 4 is 18.0 Å². The number of carboxylic acid groups (broad SMARTS) is 1. The number of ether oxygens (including phenoxy) is 1. The molecule has 28 heavy (non-hydrogen) atoms. The number of benzene rings is 2. The van der Waals surface area contributed by atoms with E-state index in [0.717, 1.165) is 5.56 Å². The summed E-state index contributed by atoms with van der Waals surface area (Å²) < 4.78 is 5.13. The largest absolute Gasteiger partial charge is 0.508 e. The molecule has 0 aliphatic rings. The molecule has 0 aromatic heterocycles. The van der Waals surface area contributed by atoms with Gasteiger partial charge in [0.25, 0.3) is 0 Å². The van der Waals surface area contributed by atoms with Gasteiger partial charge >= 0.3 is 12.1 Å². The second kappa shape index (κ2) is 9.96. The molecule has 0 bridgehead atoms. The average molecular weight is 386 g/mol. The fourth-order valence-corrected chi connectivity index (χ4v) is 2.36. The molecule has 2 rings (SSSR count). The highest BCUT2D eigenvalue weighted by atomic mass is 16.5. The maximum Gasteiger partial charge on any atom is 0.408 e. The molecule has 4 N–H and O–H groups in total. The molecule has 0 fully saturated rings. The van der Waals surface area contributed by atoms with Crippen molar-refractivity contribution in [2.24, 2.45) is 0 Å². The van der Waals surface area contributed by atoms with Crippen LogP contribution in [0, 0.1) is 0 Å². The van der Waals surface area contributed by atoms with Crippen LogP contribution in [0.25, 0.3) is 0 Å². The minimum Gasteiger partial charge on any atom is -0.508 e. The van der Waals surface area contributed by atoms with Crippen molar-refractivity contribution in [1.82, 2.24) is 10.6 Å². The molecule has 0 saturated heterocycles. The van der Waals surface area contributed by atoms with E-state index in [-0.39, 0.29) is 18.8 Å². The van der Waals surface area contributed by atoms with Crippen LogP contribution >= 0.6 is 0 Å². The Morgan fingerprint density at radius 3 is 2.21 bits per heavy atom. The number of phenols is 1. The Kier molecular flexibility index (Phi) is 7.38. The number of nitrogens with one attached hydrogen (secondary N) is 2. The van der Waals surface area contributed by atoms with Crippen LogP contribution in [-0.4, -0.2) is 40.3 Å². The molecule has 8 nitrogen and oxygen atoms in total. The molecule has 2 aromatic carbocycles. The molecule has 148 valence electrons. The Bertz CT molecular complexity index is 807. The van der Waals surface area contributed by atoms with Gasteiger partial charge in [-0.25, -0.2) is 4.79 Å². The fourth-order valence-electron chi connectivity index (χ4n) is 2.36. The van der Waals surface area contributed by atoms with Gasteiger partial charge in [-0.1, -0.05) is 42.5 Å². The zero-order valence-corrected chi connectivity index (χ0v) is 15.3. The lowest BCUT2D eigenvalue weighted by Gasteiger charge is -2.20. The highest BCUT2D eigenvalue weighted by Gasteiger charge is 2.25. The summed E-state index contributed by atoms with van der Waals surface area (Å²) in [6, 6.07) is 13.0. The molecule has 0 radical (unpaired) electrons. The van der Waals surface area contributed by atoms with Gasteiger partial charge in [-0.05, 0) is 30.2 Å². The first kappa shape index (κ1) is 20.8. The van der Waals surface area contributed by atoms with E-state index in [0.29, 0.717) is 5.56 Å². The average Bonchev–Trinajstić information content (AvgIpc) is 2.68. The number of aliphatic carboxylic acids is 1. The van der Waals surface area contributed by atoms with E-state index in [1.165, 1.54) is 19.1 Å². The molecule has 2 unspecified atom stereocenters. The van der Waals surface area contributed by atoms with Gasteiger partial charge in [0, 0.05) is 6.42 Å². The smallest absolute Gasteiger partial charge is 0.408 e. The third-order valence-corrected chi connectivity index (χ3v) is 3.93. The molecule has 0 heterocycles. The second-order valence-electron chi connectivity index (χ2n) is 6.20. The van der Waals surface area contributed by atoms with Crippen molar-refractivity contribution in [2.45, 2.75) is 32.0 Å². The van der Waals surface area contributed by atoms with E-state index in [1.54, 1.807) is 24.3 Å². The van der Waals surface area contributed by atoms with E-state index < -0.39 is 30.1 Å². The van der Waals surface area contributed by atoms with Gasteiger partial charge in [0.05, 0.1) is 0 Å². The van der Waals surface area contributed by atoms with Crippen LogP contribution in [0.15, 0.2) is 54.6 Å². The summed E-state index contributed by atoms with van der Waals surface area (Å²) in [5.41, 5.74) is 1.46. The standard InChI is InChI=1S/C20H22N2O6/c1-13(19(25)26)21-18(24)17(11-14-7-9-16(23)10-8-14)22-20(27)28-12-15-5-3-2-4-6-15/h2-10,13,17,23H,11-12H2,1H3,(H,21,24)(H,22,27)(H,25,26). The Balaban J connectivity index is 2.03. The molecular weight excluding hydrogens is 364 g/mol. The number of aromatic hydroxyl groups is 1. The van der Waals surface area contributed by atoms with Crippen LogP contribution in [0.4, 0.5) is 4.79 Å². The van der Waals surface area contributed by atoms with Gasteiger partial charge in [0.2, 0.25) is 5.91 Å². The second-order valence-corrected chi connectivity index (χ2v) is 6.20. The lowest BCUT2D eigenvalue weighted by atomic mass is 10.0. The Hall–Kier alpha value is -3.55. The molecule has 2 aromatic rings. The van der Waals surface area contributed by atoms with Crippen molar-refractivity contribution in [3.8, 4) is 5.75 Å². The van der Waals surface area contributed by atoms with Crippen molar-refractivity contribution in [3.05, 3.63) is 65.7 Å². The van der Waals surface area contributed by atoms with Gasteiger partial charge in [-0.3, -0.25) is 9.59 Å². The SMILES string of the molecule is CC(NC(=O)C(Cc1ccc(O)cc1)NC(=O)OCc1ccccc1)C(=O)O. The summed E-state index contributed by atoms with van der Waals surface area (Å²) in [6.07, 6.45) is -0.704. The third-order valence-electron chi connectivity index (χ3n) is 3.93. The van der Waals surface area contributed by atoms with Crippen LogP contribution in [0.5, 0.6) is 5.75 Å². The monoisotopic (exact) mass is 386 g/mol. The highest BCUT2D eigenvalue weighted by Crippen LogP contribution is 2.12. The molecule has 0 saturated carbocycles. The zero-order chi connectivity index (χ0) is 20.5. The summed E-state index contributed by atoms with van der Waals surface area (Å²) in [4.78, 5) is 35.6. The fraction of sp³-hybridized carbons (Fsp3) is 0.250. The highest BCUT2D eigenvalue weighted by molar-refractivity contribution is 5.89.